The topological polar surface area (TPSA) is 143 Å². The van der Waals surface area contributed by atoms with Gasteiger partial charge in [-0.1, -0.05) is 0 Å². The maximum Gasteiger partial charge on any atom is 0.418 e. The van der Waals surface area contributed by atoms with Crippen molar-refractivity contribution in [3.05, 3.63) is 35.4 Å². The van der Waals surface area contributed by atoms with Crippen molar-refractivity contribution in [2.75, 3.05) is 6.54 Å². The number of rotatable bonds is 4. The van der Waals surface area contributed by atoms with Gasteiger partial charge in [0.05, 0.1) is 17.6 Å². The molecular formula is C15H15F3N4O6S. The molecule has 2 fully saturated rings. The van der Waals surface area contributed by atoms with Crippen LogP contribution < -0.4 is 5.73 Å². The van der Waals surface area contributed by atoms with E-state index in [1.165, 1.54) is 0 Å². The fourth-order valence-electron chi connectivity index (χ4n) is 3.20. The molecule has 0 radical (unpaired) electrons. The van der Waals surface area contributed by atoms with Crippen LogP contribution in [-0.2, 0) is 20.9 Å². The summed E-state index contributed by atoms with van der Waals surface area (Å²) in [5.41, 5.74) is 4.78. The van der Waals surface area contributed by atoms with E-state index in [1.807, 2.05) is 0 Å². The Morgan fingerprint density at radius 1 is 1.24 bits per heavy atom. The summed E-state index contributed by atoms with van der Waals surface area (Å²) in [5.74, 6) is -1.15. The molecule has 0 saturated carbocycles. The maximum atomic E-state index is 12.6. The highest BCUT2D eigenvalue weighted by atomic mass is 32.3. The molecule has 0 aromatic heterocycles. The van der Waals surface area contributed by atoms with Crippen molar-refractivity contribution in [1.29, 1.82) is 0 Å². The summed E-state index contributed by atoms with van der Waals surface area (Å²) < 4.78 is 72.6. The number of halogens is 3. The molecule has 3 rings (SSSR count). The first kappa shape index (κ1) is 21.0. The summed E-state index contributed by atoms with van der Waals surface area (Å²) in [6.07, 6.45) is -4.06. The highest BCUT2D eigenvalue weighted by molar-refractivity contribution is 7.80. The van der Waals surface area contributed by atoms with E-state index < -0.39 is 46.2 Å². The van der Waals surface area contributed by atoms with E-state index in [2.05, 4.69) is 9.28 Å². The number of benzene rings is 1. The van der Waals surface area contributed by atoms with Gasteiger partial charge in [0.1, 0.15) is 5.84 Å². The molecular weight excluding hydrogens is 421 g/mol. The Kier molecular flexibility index (Phi) is 5.27. The van der Waals surface area contributed by atoms with Crippen molar-refractivity contribution in [2.45, 2.75) is 31.1 Å². The monoisotopic (exact) mass is 436 g/mol. The summed E-state index contributed by atoms with van der Waals surface area (Å²) in [6, 6.07) is 1.03. The first-order valence-corrected chi connectivity index (χ1v) is 9.56. The molecule has 2 saturated heterocycles. The lowest BCUT2D eigenvalue weighted by Gasteiger charge is -2.29. The van der Waals surface area contributed by atoms with E-state index in [0.717, 1.165) is 29.2 Å². The van der Waals surface area contributed by atoms with Crippen LogP contribution >= 0.6 is 0 Å². The Balaban J connectivity index is 1.75. The molecule has 3 N–H and O–H groups in total. The van der Waals surface area contributed by atoms with Gasteiger partial charge in [-0.25, -0.2) is 4.79 Å². The first-order valence-electron chi connectivity index (χ1n) is 8.19. The number of piperidine rings is 1. The number of hydroxylamine groups is 2. The Hall–Kier alpha value is -2.71. The number of carbonyl (C=O) groups is 2. The first-order chi connectivity index (χ1) is 13.4. The number of carbonyl (C=O) groups excluding carboxylic acids is 2. The molecule has 0 spiro atoms. The van der Waals surface area contributed by atoms with Crippen LogP contribution in [0.3, 0.4) is 0 Å². The fraction of sp³-hybridized carbons (Fsp3) is 0.400. The van der Waals surface area contributed by atoms with Gasteiger partial charge >= 0.3 is 22.6 Å². The Morgan fingerprint density at radius 3 is 2.41 bits per heavy atom. The standard InChI is InChI=1S/C15H15F3N4O6S/c16-15(17,18)9-3-1-8(2-4-9)13(23)20-12(19)11-6-5-10-7-21(11)14(24)22(10)28-29(25,26)27/h1-4,10-11H,5-7H2,(H2,19,20,23)(H,25,26,27). The van der Waals surface area contributed by atoms with Gasteiger partial charge in [0.2, 0.25) is 0 Å². The number of alkyl halides is 3. The van der Waals surface area contributed by atoms with Gasteiger partial charge in [0.15, 0.2) is 0 Å². The molecule has 3 amide bonds. The van der Waals surface area contributed by atoms with E-state index >= 15 is 0 Å². The largest absolute Gasteiger partial charge is 0.418 e. The second-order valence-corrected chi connectivity index (χ2v) is 7.43. The lowest BCUT2D eigenvalue weighted by molar-refractivity contribution is -0.137. The number of urea groups is 1. The van der Waals surface area contributed by atoms with Crippen LogP contribution in [0.2, 0.25) is 0 Å². The summed E-state index contributed by atoms with van der Waals surface area (Å²) in [6.45, 7) is 0.0315. The SMILES string of the molecule is NC(=NC(=O)c1ccc(C(F)(F)F)cc1)C1CCC2CN1C(=O)N2OS(=O)(=O)O. The minimum absolute atomic E-state index is 0.0315. The van der Waals surface area contributed by atoms with Crippen LogP contribution in [-0.4, -0.2) is 59.3 Å². The molecule has 29 heavy (non-hydrogen) atoms. The normalized spacial score (nSPS) is 22.9. The summed E-state index contributed by atoms with van der Waals surface area (Å²) >= 11 is 0. The third-order valence-electron chi connectivity index (χ3n) is 4.53. The number of amidine groups is 1. The number of aliphatic imine (C=N–C) groups is 1. The van der Waals surface area contributed by atoms with E-state index in [-0.39, 0.29) is 30.8 Å². The quantitative estimate of drug-likeness (QED) is 0.410. The van der Waals surface area contributed by atoms with Crippen molar-refractivity contribution in [1.82, 2.24) is 9.96 Å². The molecule has 2 aliphatic heterocycles. The zero-order valence-electron chi connectivity index (χ0n) is 14.5. The number of hydrogen-bond acceptors (Lipinski definition) is 5. The molecule has 2 heterocycles. The van der Waals surface area contributed by atoms with Crippen LogP contribution in [0.25, 0.3) is 0 Å². The van der Waals surface area contributed by atoms with E-state index in [0.29, 0.717) is 5.06 Å². The summed E-state index contributed by atoms with van der Waals surface area (Å²) in [5, 5.41) is 0.514. The molecule has 158 valence electrons. The van der Waals surface area contributed by atoms with Crippen LogP contribution in [0, 0.1) is 0 Å². The Bertz CT molecular complexity index is 963. The summed E-state index contributed by atoms with van der Waals surface area (Å²) in [4.78, 5) is 29.3. The second kappa shape index (κ2) is 7.27. The molecule has 14 heteroatoms. The Labute approximate surface area is 162 Å². The van der Waals surface area contributed by atoms with Crippen LogP contribution in [0.1, 0.15) is 28.8 Å². The van der Waals surface area contributed by atoms with Crippen molar-refractivity contribution < 1.29 is 40.0 Å². The third-order valence-corrected chi connectivity index (χ3v) is 4.88. The molecule has 2 atom stereocenters. The lowest BCUT2D eigenvalue weighted by atomic mass is 10.00. The lowest BCUT2D eigenvalue weighted by Crippen LogP contribution is -2.48. The maximum absolute atomic E-state index is 12.6. The van der Waals surface area contributed by atoms with Crippen molar-refractivity contribution in [2.24, 2.45) is 10.7 Å². The summed E-state index contributed by atoms with van der Waals surface area (Å²) in [7, 11) is -4.90. The number of hydrogen-bond donors (Lipinski definition) is 2. The molecule has 2 unspecified atom stereocenters. The van der Waals surface area contributed by atoms with E-state index in [1.54, 1.807) is 0 Å². The average Bonchev–Trinajstić information content (AvgIpc) is 2.84. The third kappa shape index (κ3) is 4.49. The number of fused-ring (bicyclic) bond motifs is 2. The zero-order valence-corrected chi connectivity index (χ0v) is 15.4. The molecule has 2 aliphatic rings. The van der Waals surface area contributed by atoms with Crippen LogP contribution in [0.5, 0.6) is 0 Å². The van der Waals surface area contributed by atoms with Crippen molar-refractivity contribution in [3.63, 3.8) is 0 Å². The predicted molar refractivity (Wildman–Crippen MR) is 90.8 cm³/mol. The highest BCUT2D eigenvalue weighted by Gasteiger charge is 2.48. The van der Waals surface area contributed by atoms with Gasteiger partial charge in [0.25, 0.3) is 5.91 Å². The van der Waals surface area contributed by atoms with Gasteiger partial charge in [-0.05, 0) is 37.1 Å². The minimum Gasteiger partial charge on any atom is -0.385 e. The van der Waals surface area contributed by atoms with E-state index in [4.69, 9.17) is 10.3 Å². The van der Waals surface area contributed by atoms with Gasteiger partial charge in [-0.3, -0.25) is 9.35 Å². The highest BCUT2D eigenvalue weighted by Crippen LogP contribution is 2.31. The molecule has 1 aromatic rings. The van der Waals surface area contributed by atoms with Crippen molar-refractivity contribution >= 4 is 28.2 Å². The second-order valence-electron chi connectivity index (χ2n) is 6.43. The van der Waals surface area contributed by atoms with Crippen molar-refractivity contribution in [3.8, 4) is 0 Å². The molecule has 10 nitrogen and oxygen atoms in total. The smallest absolute Gasteiger partial charge is 0.385 e. The van der Waals surface area contributed by atoms with E-state index in [9.17, 15) is 31.2 Å². The molecule has 0 aliphatic carbocycles. The van der Waals surface area contributed by atoms with Gasteiger partial charge < -0.3 is 10.6 Å². The zero-order chi connectivity index (χ0) is 21.6. The number of nitrogens with zero attached hydrogens (tertiary/aromatic N) is 3. The number of amides is 3. The van der Waals surface area contributed by atoms with Crippen LogP contribution in [0.4, 0.5) is 18.0 Å². The molecule has 1 aromatic carbocycles. The average molecular weight is 436 g/mol. The fourth-order valence-corrected chi connectivity index (χ4v) is 3.59. The minimum atomic E-state index is -4.90. The van der Waals surface area contributed by atoms with Gasteiger partial charge in [-0.2, -0.15) is 31.6 Å². The predicted octanol–water partition coefficient (Wildman–Crippen LogP) is 1.21. The Morgan fingerprint density at radius 2 is 1.86 bits per heavy atom. The van der Waals surface area contributed by atoms with Crippen LogP contribution in [0.15, 0.2) is 29.3 Å². The number of nitrogens with two attached hydrogens (primary N) is 1. The van der Waals surface area contributed by atoms with Gasteiger partial charge in [-0.15, -0.1) is 4.28 Å². The molecule has 2 bridgehead atoms. The van der Waals surface area contributed by atoms with Gasteiger partial charge in [0, 0.05) is 12.1 Å².